The first-order valence-corrected chi connectivity index (χ1v) is 12.5. The molecule has 10 heteroatoms. The number of carbonyl (C=O) groups excluding carboxylic acids is 1. The largest absolute Gasteiger partial charge is 0.378 e. The SMILES string of the molecule is NC(=O)c1ccc(-c2nc(Nc3ccc(N4CCOCC4)cc3)c3ncn(-c4ccsc4)c3n2)cc1. The fourth-order valence-electron chi connectivity index (χ4n) is 4.20. The standard InChI is InChI=1S/C26H23N7O2S/c27-23(34)17-1-3-18(4-2-17)24-30-25(22-26(31-24)33(16-28-22)21-9-14-36-15-21)29-19-5-7-20(8-6-19)32-10-12-35-13-11-32/h1-9,14-16H,10-13H2,(H2,27,34)(H,29,30,31). The van der Waals surface area contributed by atoms with Crippen LogP contribution in [0, 0.1) is 0 Å². The normalized spacial score (nSPS) is 13.7. The predicted octanol–water partition coefficient (Wildman–Crippen LogP) is 4.22. The molecule has 0 spiro atoms. The van der Waals surface area contributed by atoms with Gasteiger partial charge >= 0.3 is 0 Å². The van der Waals surface area contributed by atoms with Crippen molar-refractivity contribution in [3.8, 4) is 17.1 Å². The highest BCUT2D eigenvalue weighted by molar-refractivity contribution is 7.08. The summed E-state index contributed by atoms with van der Waals surface area (Å²) in [4.78, 5) is 28.1. The summed E-state index contributed by atoms with van der Waals surface area (Å²) in [6.45, 7) is 3.26. The molecule has 36 heavy (non-hydrogen) atoms. The number of thiophene rings is 1. The van der Waals surface area contributed by atoms with Crippen molar-refractivity contribution in [2.45, 2.75) is 0 Å². The van der Waals surface area contributed by atoms with Crippen molar-refractivity contribution in [1.82, 2.24) is 19.5 Å². The Labute approximate surface area is 211 Å². The lowest BCUT2D eigenvalue weighted by Crippen LogP contribution is -2.36. The van der Waals surface area contributed by atoms with Crippen LogP contribution in [-0.4, -0.2) is 51.7 Å². The molecule has 9 nitrogen and oxygen atoms in total. The second-order valence-corrected chi connectivity index (χ2v) is 9.16. The molecule has 0 saturated carbocycles. The Balaban J connectivity index is 1.39. The Morgan fingerprint density at radius 2 is 1.75 bits per heavy atom. The monoisotopic (exact) mass is 497 g/mol. The number of amides is 1. The number of hydrogen-bond acceptors (Lipinski definition) is 8. The van der Waals surface area contributed by atoms with E-state index in [2.05, 4.69) is 27.3 Å². The smallest absolute Gasteiger partial charge is 0.248 e. The zero-order valence-electron chi connectivity index (χ0n) is 19.3. The number of morpholine rings is 1. The van der Waals surface area contributed by atoms with Gasteiger partial charge in [0.1, 0.15) is 6.33 Å². The highest BCUT2D eigenvalue weighted by Crippen LogP contribution is 2.29. The van der Waals surface area contributed by atoms with Gasteiger partial charge in [-0.1, -0.05) is 12.1 Å². The van der Waals surface area contributed by atoms with Crippen LogP contribution in [0.2, 0.25) is 0 Å². The molecule has 6 rings (SSSR count). The molecule has 0 unspecified atom stereocenters. The van der Waals surface area contributed by atoms with Gasteiger partial charge in [0.15, 0.2) is 22.8 Å². The van der Waals surface area contributed by atoms with Crippen LogP contribution in [0.1, 0.15) is 10.4 Å². The fourth-order valence-corrected chi connectivity index (χ4v) is 4.83. The zero-order chi connectivity index (χ0) is 24.5. The maximum atomic E-state index is 11.5. The second kappa shape index (κ2) is 9.40. The number of primary amides is 1. The van der Waals surface area contributed by atoms with Gasteiger partial charge < -0.3 is 20.7 Å². The minimum Gasteiger partial charge on any atom is -0.378 e. The van der Waals surface area contributed by atoms with Gasteiger partial charge in [-0.3, -0.25) is 9.36 Å². The van der Waals surface area contributed by atoms with Crippen LogP contribution in [0.15, 0.2) is 71.7 Å². The number of ether oxygens (including phenoxy) is 1. The van der Waals surface area contributed by atoms with Crippen LogP contribution in [0.5, 0.6) is 0 Å². The van der Waals surface area contributed by atoms with Gasteiger partial charge in [-0.05, 0) is 47.8 Å². The third-order valence-corrected chi connectivity index (χ3v) is 6.79. The summed E-state index contributed by atoms with van der Waals surface area (Å²) in [5.74, 6) is 0.640. The number of carbonyl (C=O) groups is 1. The van der Waals surface area contributed by atoms with Crippen LogP contribution in [0.25, 0.3) is 28.2 Å². The molecule has 2 aromatic carbocycles. The van der Waals surface area contributed by atoms with E-state index in [0.29, 0.717) is 28.4 Å². The summed E-state index contributed by atoms with van der Waals surface area (Å²) in [6.07, 6.45) is 1.76. The molecule has 3 aromatic heterocycles. The van der Waals surface area contributed by atoms with Crippen molar-refractivity contribution in [2.75, 3.05) is 36.5 Å². The lowest BCUT2D eigenvalue weighted by molar-refractivity contribution is 0.100. The number of rotatable bonds is 6. The van der Waals surface area contributed by atoms with Gasteiger partial charge in [-0.15, -0.1) is 0 Å². The maximum Gasteiger partial charge on any atom is 0.248 e. The molecule has 1 aliphatic rings. The number of aromatic nitrogens is 4. The van der Waals surface area contributed by atoms with Crippen LogP contribution < -0.4 is 16.0 Å². The lowest BCUT2D eigenvalue weighted by Gasteiger charge is -2.28. The van der Waals surface area contributed by atoms with Crippen molar-refractivity contribution in [3.05, 3.63) is 77.2 Å². The molecular formula is C26H23N7O2S. The third-order valence-electron chi connectivity index (χ3n) is 6.11. The average molecular weight is 498 g/mol. The van der Waals surface area contributed by atoms with Crippen LogP contribution in [0.3, 0.4) is 0 Å². The van der Waals surface area contributed by atoms with E-state index in [1.807, 2.05) is 33.5 Å². The first-order chi connectivity index (χ1) is 17.7. The van der Waals surface area contributed by atoms with E-state index in [4.69, 9.17) is 20.4 Å². The zero-order valence-corrected chi connectivity index (χ0v) is 20.1. The third kappa shape index (κ3) is 4.28. The van der Waals surface area contributed by atoms with Crippen molar-refractivity contribution < 1.29 is 9.53 Å². The average Bonchev–Trinajstić information content (AvgIpc) is 3.60. The Morgan fingerprint density at radius 1 is 0.972 bits per heavy atom. The van der Waals surface area contributed by atoms with Gasteiger partial charge in [0.05, 0.1) is 18.9 Å². The summed E-state index contributed by atoms with van der Waals surface area (Å²) in [5.41, 5.74) is 11.0. The molecule has 4 heterocycles. The van der Waals surface area contributed by atoms with Crippen molar-refractivity contribution in [3.63, 3.8) is 0 Å². The summed E-state index contributed by atoms with van der Waals surface area (Å²) in [5, 5.41) is 7.49. The molecule has 180 valence electrons. The summed E-state index contributed by atoms with van der Waals surface area (Å²) in [6, 6.07) is 17.2. The van der Waals surface area contributed by atoms with Gasteiger partial charge in [0.25, 0.3) is 0 Å². The van der Waals surface area contributed by atoms with Crippen molar-refractivity contribution >= 4 is 45.6 Å². The Morgan fingerprint density at radius 3 is 2.44 bits per heavy atom. The molecule has 1 amide bonds. The quantitative estimate of drug-likeness (QED) is 0.361. The minimum absolute atomic E-state index is 0.432. The lowest BCUT2D eigenvalue weighted by atomic mass is 10.1. The molecule has 0 bridgehead atoms. The fraction of sp³-hybridized carbons (Fsp3) is 0.154. The summed E-state index contributed by atoms with van der Waals surface area (Å²) in [7, 11) is 0. The van der Waals surface area contributed by atoms with Crippen molar-refractivity contribution in [2.24, 2.45) is 5.73 Å². The van der Waals surface area contributed by atoms with E-state index < -0.39 is 5.91 Å². The van der Waals surface area contributed by atoms with E-state index in [1.165, 1.54) is 0 Å². The topological polar surface area (TPSA) is 111 Å². The first kappa shape index (κ1) is 22.2. The summed E-state index contributed by atoms with van der Waals surface area (Å²) < 4.78 is 7.41. The molecule has 0 atom stereocenters. The number of nitrogens with zero attached hydrogens (tertiary/aromatic N) is 5. The number of hydrogen-bond donors (Lipinski definition) is 2. The second-order valence-electron chi connectivity index (χ2n) is 8.38. The predicted molar refractivity (Wildman–Crippen MR) is 141 cm³/mol. The molecule has 0 radical (unpaired) electrons. The molecular weight excluding hydrogens is 474 g/mol. The Kier molecular flexibility index (Phi) is 5.80. The number of benzene rings is 2. The highest BCUT2D eigenvalue weighted by atomic mass is 32.1. The number of imidazole rings is 1. The number of nitrogens with two attached hydrogens (primary N) is 1. The number of fused-ring (bicyclic) bond motifs is 1. The molecule has 1 fully saturated rings. The molecule has 1 saturated heterocycles. The maximum absolute atomic E-state index is 11.5. The van der Waals surface area contributed by atoms with Gasteiger partial charge in [-0.25, -0.2) is 15.0 Å². The molecule has 3 N–H and O–H groups in total. The Hall–Kier alpha value is -4.28. The molecule has 5 aromatic rings. The van der Waals surface area contributed by atoms with Crippen LogP contribution in [-0.2, 0) is 4.74 Å². The Bertz CT molecular complexity index is 1510. The molecule has 1 aliphatic heterocycles. The van der Waals surface area contributed by atoms with E-state index in [0.717, 1.165) is 48.9 Å². The van der Waals surface area contributed by atoms with Gasteiger partial charge in [0.2, 0.25) is 5.91 Å². The number of anilines is 3. The minimum atomic E-state index is -0.476. The van der Waals surface area contributed by atoms with E-state index in [1.54, 1.807) is 41.9 Å². The van der Waals surface area contributed by atoms with Crippen LogP contribution in [0.4, 0.5) is 17.2 Å². The molecule has 0 aliphatic carbocycles. The van der Waals surface area contributed by atoms with Crippen molar-refractivity contribution in [1.29, 1.82) is 0 Å². The van der Waals surface area contributed by atoms with Gasteiger partial charge in [-0.2, -0.15) is 11.3 Å². The number of nitrogens with one attached hydrogen (secondary N) is 1. The van der Waals surface area contributed by atoms with E-state index in [-0.39, 0.29) is 0 Å². The van der Waals surface area contributed by atoms with Crippen LogP contribution >= 0.6 is 11.3 Å². The van der Waals surface area contributed by atoms with E-state index >= 15 is 0 Å². The highest BCUT2D eigenvalue weighted by Gasteiger charge is 2.17. The summed E-state index contributed by atoms with van der Waals surface area (Å²) >= 11 is 1.61. The van der Waals surface area contributed by atoms with E-state index in [9.17, 15) is 4.79 Å². The first-order valence-electron chi connectivity index (χ1n) is 11.5. The van der Waals surface area contributed by atoms with Gasteiger partial charge in [0, 0.05) is 41.0 Å².